The van der Waals surface area contributed by atoms with Gasteiger partial charge in [-0.2, -0.15) is 5.10 Å². The number of hydrazone groups is 1. The second kappa shape index (κ2) is 9.23. The van der Waals surface area contributed by atoms with Crippen LogP contribution in [-0.4, -0.2) is 68.5 Å². The highest BCUT2D eigenvalue weighted by molar-refractivity contribution is 6.05. The van der Waals surface area contributed by atoms with Crippen LogP contribution in [0.25, 0.3) is 12.2 Å². The molecule has 7 nitrogen and oxygen atoms in total. The van der Waals surface area contributed by atoms with E-state index in [1.165, 1.54) is 5.69 Å². The summed E-state index contributed by atoms with van der Waals surface area (Å²) >= 11 is 0. The number of ether oxygens (including phenoxy) is 2. The summed E-state index contributed by atoms with van der Waals surface area (Å²) in [4.78, 5) is 4.59. The van der Waals surface area contributed by atoms with Gasteiger partial charge in [-0.15, -0.1) is 0 Å². The Bertz CT molecular complexity index is 1420. The summed E-state index contributed by atoms with van der Waals surface area (Å²) in [5, 5.41) is 17.7. The minimum absolute atomic E-state index is 0.240. The van der Waals surface area contributed by atoms with E-state index in [9.17, 15) is 0 Å². The Labute approximate surface area is 217 Å². The van der Waals surface area contributed by atoms with E-state index in [4.69, 9.17) is 14.9 Å². The molecule has 0 radical (unpaired) electrons. The van der Waals surface area contributed by atoms with Crippen molar-refractivity contribution in [2.24, 2.45) is 10.5 Å². The molecule has 1 spiro atoms. The first-order valence-electron chi connectivity index (χ1n) is 12.9. The van der Waals surface area contributed by atoms with Crippen LogP contribution >= 0.6 is 0 Å². The summed E-state index contributed by atoms with van der Waals surface area (Å²) in [6.45, 7) is 13.5. The molecule has 0 unspecified atom stereocenters. The largest absolute Gasteiger partial charge is 0.487 e. The van der Waals surface area contributed by atoms with Gasteiger partial charge in [0.15, 0.2) is 11.6 Å². The average Bonchev–Trinajstić information content (AvgIpc) is 3.06. The molecule has 0 amide bonds. The summed E-state index contributed by atoms with van der Waals surface area (Å²) in [5.74, 6) is 0.955. The number of benzene rings is 1. The van der Waals surface area contributed by atoms with Crippen molar-refractivity contribution in [1.29, 1.82) is 5.41 Å². The fourth-order valence-corrected chi connectivity index (χ4v) is 5.80. The van der Waals surface area contributed by atoms with Crippen molar-refractivity contribution in [3.63, 3.8) is 0 Å². The molecule has 2 fully saturated rings. The third kappa shape index (κ3) is 4.03. The van der Waals surface area contributed by atoms with Gasteiger partial charge < -0.3 is 19.3 Å². The Balaban J connectivity index is 1.30. The van der Waals surface area contributed by atoms with Crippen LogP contribution in [0.3, 0.4) is 0 Å². The summed E-state index contributed by atoms with van der Waals surface area (Å²) in [5.41, 5.74) is 4.72. The second-order valence-corrected chi connectivity index (χ2v) is 10.3. The molecule has 190 valence electrons. The average molecular weight is 496 g/mol. The quantitative estimate of drug-likeness (QED) is 0.516. The van der Waals surface area contributed by atoms with Crippen molar-refractivity contribution < 1.29 is 9.47 Å². The number of anilines is 1. The van der Waals surface area contributed by atoms with Crippen LogP contribution in [0.1, 0.15) is 12.8 Å². The van der Waals surface area contributed by atoms with Gasteiger partial charge in [-0.05, 0) is 41.9 Å². The lowest BCUT2D eigenvalue weighted by molar-refractivity contribution is -0.000248. The molecule has 7 heteroatoms. The molecule has 1 aliphatic carbocycles. The monoisotopic (exact) mass is 495 g/mol. The van der Waals surface area contributed by atoms with Crippen LogP contribution in [-0.2, 0) is 9.47 Å². The highest BCUT2D eigenvalue weighted by atomic mass is 16.5. The highest BCUT2D eigenvalue weighted by Crippen LogP contribution is 2.41. The number of rotatable bonds is 3. The van der Waals surface area contributed by atoms with Crippen LogP contribution in [0, 0.1) is 10.8 Å². The Morgan fingerprint density at radius 1 is 1.16 bits per heavy atom. The van der Waals surface area contributed by atoms with Crippen LogP contribution in [0.5, 0.6) is 0 Å². The lowest BCUT2D eigenvalue weighted by Crippen LogP contribution is -2.60. The zero-order chi connectivity index (χ0) is 25.6. The Hall–Kier alpha value is -3.84. The van der Waals surface area contributed by atoms with E-state index in [0.717, 1.165) is 67.4 Å². The Morgan fingerprint density at radius 2 is 1.97 bits per heavy atom. The number of allylic oxidation sites excluding steroid dienone is 4. The molecule has 2 saturated heterocycles. The van der Waals surface area contributed by atoms with Crippen LogP contribution in [0.4, 0.5) is 5.69 Å². The van der Waals surface area contributed by atoms with E-state index in [1.54, 1.807) is 17.3 Å². The predicted molar refractivity (Wildman–Crippen MR) is 148 cm³/mol. The number of likely N-dealkylation sites (N-methyl/N-ethyl adjacent to an activating group) is 1. The topological polar surface area (TPSA) is 64.4 Å². The van der Waals surface area contributed by atoms with Crippen LogP contribution in [0.2, 0.25) is 0 Å². The minimum Gasteiger partial charge on any atom is -0.487 e. The third-order valence-corrected chi connectivity index (χ3v) is 7.97. The first-order chi connectivity index (χ1) is 18.0. The van der Waals surface area contributed by atoms with Gasteiger partial charge in [0.05, 0.1) is 12.8 Å². The van der Waals surface area contributed by atoms with Crippen molar-refractivity contribution in [1.82, 2.24) is 9.91 Å². The van der Waals surface area contributed by atoms with Gasteiger partial charge in [0, 0.05) is 55.2 Å². The first-order valence-corrected chi connectivity index (χ1v) is 12.9. The maximum absolute atomic E-state index is 9.15. The maximum Gasteiger partial charge on any atom is 0.170 e. The lowest BCUT2D eigenvalue weighted by atomic mass is 9.73. The molecule has 0 saturated carbocycles. The highest BCUT2D eigenvalue weighted by Gasteiger charge is 2.44. The molecule has 1 aromatic carbocycles. The SMILES string of the molecule is C=C/C=C1/C2=C(C=NN1C(=N)C1=CC=c3cccc(N4CC5(CCOCC5)C4)c3=CC1=C)N(C)CCO2. The van der Waals surface area contributed by atoms with Gasteiger partial charge in [-0.3, -0.25) is 5.41 Å². The number of hydrogen-bond donors (Lipinski definition) is 1. The maximum atomic E-state index is 9.15. The fraction of sp³-hybridized carbons (Fsp3) is 0.333. The Kier molecular flexibility index (Phi) is 5.88. The molecule has 1 N–H and O–H groups in total. The summed E-state index contributed by atoms with van der Waals surface area (Å²) in [6, 6.07) is 6.44. The van der Waals surface area contributed by atoms with Gasteiger partial charge in [-0.1, -0.05) is 43.5 Å². The number of nitrogens with one attached hydrogen (secondary N) is 1. The first kappa shape index (κ1) is 23.6. The zero-order valence-electron chi connectivity index (χ0n) is 21.4. The van der Waals surface area contributed by atoms with Gasteiger partial charge in [0.2, 0.25) is 0 Å². The number of nitrogens with zero attached hydrogens (tertiary/aromatic N) is 4. The van der Waals surface area contributed by atoms with Gasteiger partial charge >= 0.3 is 0 Å². The van der Waals surface area contributed by atoms with Crippen LogP contribution < -0.4 is 15.3 Å². The number of amidine groups is 1. The second-order valence-electron chi connectivity index (χ2n) is 10.3. The van der Waals surface area contributed by atoms with Gasteiger partial charge in [0.1, 0.15) is 18.0 Å². The van der Waals surface area contributed by atoms with E-state index in [2.05, 4.69) is 58.4 Å². The van der Waals surface area contributed by atoms with E-state index in [1.807, 2.05) is 19.2 Å². The standard InChI is InChI=1S/C30H33N5O2/c1-4-6-26-28-27(33(3)13-16-37-28)18-32-35(26)29(31)23-10-9-22-7-5-8-25(24(22)17-21(23)2)34-19-30(20-34)11-14-36-15-12-30/h4-10,17-18,31H,1-2,11-16,19-20H2,3H3/b26-6-,31-29?. The molecule has 0 atom stereocenters. The predicted octanol–water partition coefficient (Wildman–Crippen LogP) is 2.88. The molecule has 4 aliphatic heterocycles. The van der Waals surface area contributed by atoms with Crippen molar-refractivity contribution in [3.05, 3.63) is 88.3 Å². The van der Waals surface area contributed by atoms with Crippen molar-refractivity contribution in [2.75, 3.05) is 51.4 Å². The van der Waals surface area contributed by atoms with E-state index in [-0.39, 0.29) is 5.84 Å². The van der Waals surface area contributed by atoms with E-state index in [0.29, 0.717) is 29.1 Å². The molecule has 4 heterocycles. The zero-order valence-corrected chi connectivity index (χ0v) is 21.4. The van der Waals surface area contributed by atoms with Crippen LogP contribution in [0.15, 0.2) is 83.0 Å². The smallest absolute Gasteiger partial charge is 0.170 e. The minimum atomic E-state index is 0.240. The van der Waals surface area contributed by atoms with E-state index < -0.39 is 0 Å². The molecule has 0 aromatic heterocycles. The number of fused-ring (bicyclic) bond motifs is 1. The van der Waals surface area contributed by atoms with Crippen molar-refractivity contribution in [3.8, 4) is 0 Å². The fourth-order valence-electron chi connectivity index (χ4n) is 5.80. The van der Waals surface area contributed by atoms with Crippen molar-refractivity contribution >= 4 is 29.9 Å². The number of hydrogen-bond acceptors (Lipinski definition) is 6. The Morgan fingerprint density at radius 3 is 2.76 bits per heavy atom. The summed E-state index contributed by atoms with van der Waals surface area (Å²) < 4.78 is 11.6. The molecule has 0 bridgehead atoms. The third-order valence-electron chi connectivity index (χ3n) is 7.97. The molecular formula is C30H33N5O2. The normalized spacial score (nSPS) is 23.3. The molecular weight excluding hydrogens is 462 g/mol. The molecule has 5 aliphatic rings. The van der Waals surface area contributed by atoms with Gasteiger partial charge in [0.25, 0.3) is 0 Å². The lowest BCUT2D eigenvalue weighted by Gasteiger charge is -2.53. The van der Waals surface area contributed by atoms with Gasteiger partial charge in [-0.25, -0.2) is 5.01 Å². The summed E-state index contributed by atoms with van der Waals surface area (Å²) in [6.07, 6.45) is 13.8. The molecule has 37 heavy (non-hydrogen) atoms. The van der Waals surface area contributed by atoms with E-state index >= 15 is 0 Å². The molecule has 6 rings (SSSR count). The van der Waals surface area contributed by atoms with Crippen molar-refractivity contribution in [2.45, 2.75) is 12.8 Å². The summed E-state index contributed by atoms with van der Waals surface area (Å²) in [7, 11) is 2.02. The molecule has 1 aromatic rings.